The van der Waals surface area contributed by atoms with Crippen LogP contribution in [0.2, 0.25) is 10.6 Å². The van der Waals surface area contributed by atoms with Gasteiger partial charge in [0.15, 0.2) is 0 Å². The van der Waals surface area contributed by atoms with E-state index in [0.717, 1.165) is 5.92 Å². The summed E-state index contributed by atoms with van der Waals surface area (Å²) in [5.74, 6) is 3.07. The van der Waals surface area contributed by atoms with Crippen molar-refractivity contribution in [3.63, 3.8) is 0 Å². The van der Waals surface area contributed by atoms with Crippen molar-refractivity contribution < 1.29 is 5.11 Å². The Morgan fingerprint density at radius 1 is 1.31 bits per heavy atom. The molecule has 2 fully saturated rings. The molecule has 2 heteroatoms. The fraction of sp³-hybridized carbons (Fsp3) is 1.00. The van der Waals surface area contributed by atoms with E-state index in [2.05, 4.69) is 26.6 Å². The summed E-state index contributed by atoms with van der Waals surface area (Å²) in [7, 11) is 0. The second kappa shape index (κ2) is 2.74. The molecule has 0 amide bonds. The average Bonchev–Trinajstić information content (AvgIpc) is 2.36. The predicted octanol–water partition coefficient (Wildman–Crippen LogP) is 2.34. The molecule has 0 aromatic heterocycles. The summed E-state index contributed by atoms with van der Waals surface area (Å²) in [6.07, 6.45) is 2.56. The Morgan fingerprint density at radius 2 is 1.92 bits per heavy atom. The van der Waals surface area contributed by atoms with Crippen LogP contribution in [0.15, 0.2) is 0 Å². The van der Waals surface area contributed by atoms with Crippen LogP contribution < -0.4 is 0 Å². The molecule has 0 aliphatic heterocycles. The Kier molecular flexibility index (Phi) is 2.11. The summed E-state index contributed by atoms with van der Waals surface area (Å²) in [5.41, 5.74) is 0.578. The molecule has 0 aromatic rings. The molecule has 2 rings (SSSR count). The van der Waals surface area contributed by atoms with Gasteiger partial charge in [0.05, 0.1) is 0 Å². The van der Waals surface area contributed by atoms with Crippen molar-refractivity contribution >= 4 is 15.0 Å². The molecule has 0 aromatic carbocycles. The van der Waals surface area contributed by atoms with Crippen LogP contribution in [0.1, 0.15) is 33.6 Å². The van der Waals surface area contributed by atoms with Gasteiger partial charge in [0.1, 0.15) is 0 Å². The van der Waals surface area contributed by atoms with Crippen LogP contribution in [0.4, 0.5) is 0 Å². The number of aliphatic hydroxyl groups excluding tert-OH is 1. The molecule has 0 heterocycles. The predicted molar refractivity (Wildman–Crippen MR) is 56.0 cm³/mol. The second-order valence-electron chi connectivity index (χ2n) is 5.43. The Hall–Kier alpha value is 0.479. The van der Waals surface area contributed by atoms with Gasteiger partial charge in [0.25, 0.3) is 0 Å². The first-order chi connectivity index (χ1) is 5.95. The quantitative estimate of drug-likeness (QED) is 0.705. The van der Waals surface area contributed by atoms with E-state index >= 15 is 0 Å². The maximum absolute atomic E-state index is 10.3. The van der Waals surface area contributed by atoms with Gasteiger partial charge in [-0.1, -0.05) is 0 Å². The molecule has 2 saturated carbocycles. The van der Waals surface area contributed by atoms with Gasteiger partial charge in [0, 0.05) is 0 Å². The van der Waals surface area contributed by atoms with Crippen LogP contribution in [0.5, 0.6) is 0 Å². The third-order valence-corrected chi connectivity index (χ3v) is 7.38. The van der Waals surface area contributed by atoms with E-state index in [1.54, 1.807) is 0 Å². The van der Waals surface area contributed by atoms with E-state index in [-0.39, 0.29) is 11.5 Å². The summed E-state index contributed by atoms with van der Waals surface area (Å²) < 4.78 is 0. The fourth-order valence-corrected chi connectivity index (χ4v) is 6.40. The third kappa shape index (κ3) is 0.976. The minimum absolute atomic E-state index is 0.0220. The molecule has 0 radical (unpaired) electrons. The molecule has 0 spiro atoms. The van der Waals surface area contributed by atoms with Crippen molar-refractivity contribution in [2.24, 2.45) is 16.7 Å². The molecule has 4 unspecified atom stereocenters. The summed E-state index contributed by atoms with van der Waals surface area (Å²) >= 11 is 0.611. The minimum atomic E-state index is -0.0220. The van der Waals surface area contributed by atoms with E-state index in [1.165, 1.54) is 12.8 Å². The van der Waals surface area contributed by atoms with E-state index in [4.69, 9.17) is 0 Å². The summed E-state index contributed by atoms with van der Waals surface area (Å²) in [5, 5.41) is 10.3. The van der Waals surface area contributed by atoms with Gasteiger partial charge in [-0.25, -0.2) is 0 Å². The number of fused-ring (bicyclic) bond motifs is 2. The molecular formula is C11H20OSe. The zero-order chi connectivity index (χ0) is 9.85. The average molecular weight is 247 g/mol. The normalized spacial score (nSPS) is 52.8. The van der Waals surface area contributed by atoms with Crippen LogP contribution in [-0.4, -0.2) is 26.2 Å². The van der Waals surface area contributed by atoms with Gasteiger partial charge in [0.2, 0.25) is 0 Å². The van der Waals surface area contributed by atoms with E-state index < -0.39 is 0 Å². The first-order valence-corrected chi connectivity index (χ1v) is 7.86. The Bertz CT molecular complexity index is 226. The van der Waals surface area contributed by atoms with Crippen molar-refractivity contribution in [3.05, 3.63) is 0 Å². The molecule has 0 saturated heterocycles. The van der Waals surface area contributed by atoms with Crippen LogP contribution in [0.25, 0.3) is 0 Å². The van der Waals surface area contributed by atoms with E-state index in [0.29, 0.717) is 25.2 Å². The van der Waals surface area contributed by atoms with Gasteiger partial charge >= 0.3 is 87.2 Å². The topological polar surface area (TPSA) is 20.2 Å². The van der Waals surface area contributed by atoms with E-state index in [1.807, 2.05) is 0 Å². The zero-order valence-corrected chi connectivity index (χ0v) is 10.7. The molecule has 2 bridgehead atoms. The van der Waals surface area contributed by atoms with Gasteiger partial charge in [-0.3, -0.25) is 0 Å². The first-order valence-electron chi connectivity index (χ1n) is 5.16. The van der Waals surface area contributed by atoms with Crippen molar-refractivity contribution in [1.29, 1.82) is 0 Å². The summed E-state index contributed by atoms with van der Waals surface area (Å²) in [6.45, 7) is 7.02. The van der Waals surface area contributed by atoms with Crippen LogP contribution in [0, 0.1) is 16.7 Å². The SMILES string of the molecule is C[Se]C1C2CCC(C)(C1O)C2(C)C. The molecule has 13 heavy (non-hydrogen) atoms. The van der Waals surface area contributed by atoms with Crippen LogP contribution in [0.3, 0.4) is 0 Å². The number of aliphatic hydroxyl groups is 1. The van der Waals surface area contributed by atoms with Gasteiger partial charge < -0.3 is 0 Å². The molecule has 1 N–H and O–H groups in total. The standard InChI is InChI=1S/C11H20OSe/c1-10(2)7-5-6-11(10,3)9(12)8(7)13-4/h7-9,12H,5-6H2,1-4H3. The van der Waals surface area contributed by atoms with Crippen molar-refractivity contribution in [2.45, 2.75) is 50.4 Å². The Balaban J connectivity index is 2.39. The summed E-state index contributed by atoms with van der Waals surface area (Å²) in [4.78, 5) is 0.626. The van der Waals surface area contributed by atoms with Gasteiger partial charge in [-0.2, -0.15) is 0 Å². The molecular weight excluding hydrogens is 227 g/mol. The molecule has 2 aliphatic rings. The van der Waals surface area contributed by atoms with Crippen LogP contribution >= 0.6 is 0 Å². The maximum atomic E-state index is 10.3. The molecule has 2 aliphatic carbocycles. The molecule has 76 valence electrons. The Labute approximate surface area is 87.5 Å². The van der Waals surface area contributed by atoms with Crippen LogP contribution in [-0.2, 0) is 0 Å². The first kappa shape index (κ1) is 10.0. The monoisotopic (exact) mass is 248 g/mol. The summed E-state index contributed by atoms with van der Waals surface area (Å²) in [6, 6.07) is 0. The number of hydrogen-bond donors (Lipinski definition) is 1. The zero-order valence-electron chi connectivity index (χ0n) is 9.00. The van der Waals surface area contributed by atoms with Crippen molar-refractivity contribution in [1.82, 2.24) is 0 Å². The Morgan fingerprint density at radius 3 is 2.23 bits per heavy atom. The van der Waals surface area contributed by atoms with E-state index in [9.17, 15) is 5.11 Å². The van der Waals surface area contributed by atoms with Gasteiger partial charge in [-0.05, 0) is 0 Å². The molecule has 4 atom stereocenters. The fourth-order valence-electron chi connectivity index (χ4n) is 3.54. The number of hydrogen-bond acceptors (Lipinski definition) is 1. The second-order valence-corrected chi connectivity index (χ2v) is 7.56. The van der Waals surface area contributed by atoms with Gasteiger partial charge in [-0.15, -0.1) is 0 Å². The third-order valence-electron chi connectivity index (χ3n) is 5.01. The number of rotatable bonds is 1. The molecule has 1 nitrogen and oxygen atoms in total. The van der Waals surface area contributed by atoms with Crippen molar-refractivity contribution in [3.8, 4) is 0 Å². The van der Waals surface area contributed by atoms with Crippen molar-refractivity contribution in [2.75, 3.05) is 0 Å².